The second-order valence-electron chi connectivity index (χ2n) is 3.93. The van der Waals surface area contributed by atoms with Crippen molar-refractivity contribution in [3.05, 3.63) is 17.7 Å². The van der Waals surface area contributed by atoms with E-state index < -0.39 is 10.0 Å². The number of ether oxygens (including phenoxy) is 3. The van der Waals surface area contributed by atoms with Crippen molar-refractivity contribution < 1.29 is 22.6 Å². The molecule has 7 heteroatoms. The minimum atomic E-state index is -3.20. The van der Waals surface area contributed by atoms with Crippen molar-refractivity contribution in [1.29, 1.82) is 0 Å². The molecule has 19 heavy (non-hydrogen) atoms. The van der Waals surface area contributed by atoms with E-state index in [1.807, 2.05) is 0 Å². The van der Waals surface area contributed by atoms with Crippen LogP contribution < -0.4 is 18.9 Å². The predicted octanol–water partition coefficient (Wildman–Crippen LogP) is 0.804. The minimum absolute atomic E-state index is 0.276. The van der Waals surface area contributed by atoms with E-state index in [-0.39, 0.29) is 6.54 Å². The third-order valence-corrected chi connectivity index (χ3v) is 3.28. The van der Waals surface area contributed by atoms with E-state index in [2.05, 4.69) is 4.72 Å². The van der Waals surface area contributed by atoms with Crippen molar-refractivity contribution in [3.63, 3.8) is 0 Å². The van der Waals surface area contributed by atoms with Crippen LogP contribution in [0.5, 0.6) is 17.2 Å². The number of benzene rings is 1. The van der Waals surface area contributed by atoms with Gasteiger partial charge in [-0.3, -0.25) is 0 Å². The lowest BCUT2D eigenvalue weighted by molar-refractivity contribution is 0.368. The molecule has 0 aliphatic heterocycles. The third-order valence-electron chi connectivity index (χ3n) is 2.56. The average Bonchev–Trinajstić information content (AvgIpc) is 2.37. The van der Waals surface area contributed by atoms with Crippen molar-refractivity contribution in [2.45, 2.75) is 6.42 Å². The first-order valence-electron chi connectivity index (χ1n) is 5.64. The van der Waals surface area contributed by atoms with E-state index in [1.54, 1.807) is 33.5 Å². The zero-order valence-corrected chi connectivity index (χ0v) is 12.3. The quantitative estimate of drug-likeness (QED) is 0.804. The highest BCUT2D eigenvalue weighted by Gasteiger charge is 2.13. The monoisotopic (exact) mass is 289 g/mol. The van der Waals surface area contributed by atoms with Crippen LogP contribution in [0.1, 0.15) is 5.56 Å². The number of hydrogen-bond acceptors (Lipinski definition) is 5. The van der Waals surface area contributed by atoms with E-state index >= 15 is 0 Å². The van der Waals surface area contributed by atoms with Gasteiger partial charge in [-0.2, -0.15) is 0 Å². The molecule has 108 valence electrons. The molecule has 1 rings (SSSR count). The molecule has 0 spiro atoms. The second-order valence-corrected chi connectivity index (χ2v) is 5.76. The molecule has 1 aromatic rings. The first-order chi connectivity index (χ1) is 8.91. The molecule has 0 bridgehead atoms. The number of hydrogen-bond donors (Lipinski definition) is 1. The van der Waals surface area contributed by atoms with Gasteiger partial charge in [-0.05, 0) is 6.42 Å². The zero-order chi connectivity index (χ0) is 14.5. The van der Waals surface area contributed by atoms with E-state index in [4.69, 9.17) is 14.2 Å². The van der Waals surface area contributed by atoms with Gasteiger partial charge in [-0.1, -0.05) is 0 Å². The van der Waals surface area contributed by atoms with Gasteiger partial charge >= 0.3 is 0 Å². The fraction of sp³-hybridized carbons (Fsp3) is 0.500. The minimum Gasteiger partial charge on any atom is -0.496 e. The van der Waals surface area contributed by atoms with Crippen molar-refractivity contribution in [3.8, 4) is 17.2 Å². The Labute approximate surface area is 113 Å². The van der Waals surface area contributed by atoms with Crippen molar-refractivity contribution in [1.82, 2.24) is 4.72 Å². The average molecular weight is 289 g/mol. The molecule has 0 saturated heterocycles. The van der Waals surface area contributed by atoms with Gasteiger partial charge in [0, 0.05) is 24.2 Å². The van der Waals surface area contributed by atoms with Crippen LogP contribution in [0.4, 0.5) is 0 Å². The Hall–Kier alpha value is -1.47. The molecule has 0 unspecified atom stereocenters. The highest BCUT2D eigenvalue weighted by Crippen LogP contribution is 2.34. The molecule has 0 aliphatic carbocycles. The molecule has 0 fully saturated rings. The molecule has 0 heterocycles. The van der Waals surface area contributed by atoms with Crippen LogP contribution in [0.15, 0.2) is 12.1 Å². The van der Waals surface area contributed by atoms with Gasteiger partial charge in [0.05, 0.1) is 27.6 Å². The summed E-state index contributed by atoms with van der Waals surface area (Å²) in [6, 6.07) is 3.47. The Bertz CT molecular complexity index is 502. The van der Waals surface area contributed by atoms with Gasteiger partial charge in [-0.15, -0.1) is 0 Å². The fourth-order valence-corrected chi connectivity index (χ4v) is 2.16. The lowest BCUT2D eigenvalue weighted by atomic mass is 10.1. The van der Waals surface area contributed by atoms with Crippen molar-refractivity contribution in [2.24, 2.45) is 0 Å². The molecule has 0 radical (unpaired) electrons. The maximum Gasteiger partial charge on any atom is 0.208 e. The summed E-state index contributed by atoms with van der Waals surface area (Å²) in [5.41, 5.74) is 0.793. The Morgan fingerprint density at radius 1 is 1.05 bits per heavy atom. The van der Waals surface area contributed by atoms with Gasteiger partial charge in [-0.25, -0.2) is 13.1 Å². The summed E-state index contributed by atoms with van der Waals surface area (Å²) in [4.78, 5) is 0. The molecule has 1 aromatic carbocycles. The zero-order valence-electron chi connectivity index (χ0n) is 11.5. The Morgan fingerprint density at radius 2 is 1.58 bits per heavy atom. The fourth-order valence-electron chi connectivity index (χ4n) is 1.69. The van der Waals surface area contributed by atoms with E-state index in [1.165, 1.54) is 0 Å². The largest absolute Gasteiger partial charge is 0.496 e. The van der Waals surface area contributed by atoms with Crippen LogP contribution >= 0.6 is 0 Å². The van der Waals surface area contributed by atoms with E-state index in [9.17, 15) is 8.42 Å². The lowest BCUT2D eigenvalue weighted by Gasteiger charge is -2.15. The number of methoxy groups -OCH3 is 3. The predicted molar refractivity (Wildman–Crippen MR) is 72.6 cm³/mol. The maximum atomic E-state index is 11.0. The normalized spacial score (nSPS) is 11.2. The summed E-state index contributed by atoms with van der Waals surface area (Å²) in [6.07, 6.45) is 1.58. The molecule has 6 nitrogen and oxygen atoms in total. The standard InChI is InChI=1S/C12H19NO5S/c1-16-9-7-11(17-2)10(12(8-9)18-3)5-6-13-19(4,14)15/h7-8,13H,5-6H2,1-4H3. The Kier molecular flexibility index (Phi) is 5.44. The van der Waals surface area contributed by atoms with E-state index in [0.717, 1.165) is 11.8 Å². The highest BCUT2D eigenvalue weighted by molar-refractivity contribution is 7.88. The smallest absolute Gasteiger partial charge is 0.208 e. The SMILES string of the molecule is COc1cc(OC)c(CCNS(C)(=O)=O)c(OC)c1. The molecular formula is C12H19NO5S. The highest BCUT2D eigenvalue weighted by atomic mass is 32.2. The van der Waals surface area contributed by atoms with Crippen LogP contribution in [-0.2, 0) is 16.4 Å². The van der Waals surface area contributed by atoms with Crippen LogP contribution in [0.2, 0.25) is 0 Å². The lowest BCUT2D eigenvalue weighted by Crippen LogP contribution is -2.24. The van der Waals surface area contributed by atoms with Crippen LogP contribution in [0.25, 0.3) is 0 Å². The molecule has 0 aromatic heterocycles. The van der Waals surface area contributed by atoms with Crippen LogP contribution in [0.3, 0.4) is 0 Å². The molecule has 0 atom stereocenters. The van der Waals surface area contributed by atoms with Crippen molar-refractivity contribution in [2.75, 3.05) is 34.1 Å². The molecular weight excluding hydrogens is 270 g/mol. The van der Waals surface area contributed by atoms with Crippen LogP contribution in [0, 0.1) is 0 Å². The van der Waals surface area contributed by atoms with Gasteiger partial charge in [0.2, 0.25) is 10.0 Å². The molecule has 0 aliphatic rings. The Balaban J connectivity index is 2.97. The maximum absolute atomic E-state index is 11.0. The summed E-state index contributed by atoms with van der Waals surface area (Å²) in [7, 11) is 1.44. The van der Waals surface area contributed by atoms with Gasteiger partial charge in [0.1, 0.15) is 17.2 Å². The molecule has 0 saturated carbocycles. The Morgan fingerprint density at radius 3 is 1.95 bits per heavy atom. The first-order valence-corrected chi connectivity index (χ1v) is 7.54. The van der Waals surface area contributed by atoms with Gasteiger partial charge in [0.15, 0.2) is 0 Å². The van der Waals surface area contributed by atoms with Crippen molar-refractivity contribution >= 4 is 10.0 Å². The first kappa shape index (κ1) is 15.6. The molecule has 0 amide bonds. The summed E-state index contributed by atoms with van der Waals surface area (Å²) >= 11 is 0. The summed E-state index contributed by atoms with van der Waals surface area (Å²) in [5.74, 6) is 1.83. The number of nitrogens with one attached hydrogen (secondary N) is 1. The van der Waals surface area contributed by atoms with Gasteiger partial charge < -0.3 is 14.2 Å². The number of sulfonamides is 1. The number of rotatable bonds is 7. The third kappa shape index (κ3) is 4.60. The summed E-state index contributed by atoms with van der Waals surface area (Å²) in [6.45, 7) is 0.276. The summed E-state index contributed by atoms with van der Waals surface area (Å²) in [5, 5.41) is 0. The summed E-state index contributed by atoms with van der Waals surface area (Å²) < 4.78 is 40.2. The second kappa shape index (κ2) is 6.63. The van der Waals surface area contributed by atoms with Gasteiger partial charge in [0.25, 0.3) is 0 Å². The molecule has 1 N–H and O–H groups in total. The van der Waals surface area contributed by atoms with Crippen LogP contribution in [-0.4, -0.2) is 42.5 Å². The van der Waals surface area contributed by atoms with E-state index in [0.29, 0.717) is 23.7 Å². The topological polar surface area (TPSA) is 73.9 Å².